The molecule has 0 bridgehead atoms. The number of hydrogen-bond acceptors (Lipinski definition) is 5. The van der Waals surface area contributed by atoms with Crippen LogP contribution in [-0.4, -0.2) is 65.9 Å². The Balaban J connectivity index is 1.30. The average Bonchev–Trinajstić information content (AvgIpc) is 3.08. The van der Waals surface area contributed by atoms with Gasteiger partial charge in [-0.05, 0) is 18.8 Å². The van der Waals surface area contributed by atoms with Crippen molar-refractivity contribution in [1.82, 2.24) is 14.8 Å². The van der Waals surface area contributed by atoms with E-state index < -0.39 is 0 Å². The molecule has 1 atom stereocenters. The largest absolute Gasteiger partial charge is 0.345 e. The predicted octanol–water partition coefficient (Wildman–Crippen LogP) is 1.05. The van der Waals surface area contributed by atoms with E-state index in [1.54, 1.807) is 11.3 Å². The summed E-state index contributed by atoms with van der Waals surface area (Å²) in [4.78, 5) is 35.2. The fourth-order valence-electron chi connectivity index (χ4n) is 3.47. The Kier molecular flexibility index (Phi) is 3.97. The highest BCUT2D eigenvalue weighted by Crippen LogP contribution is 2.32. The molecule has 3 heterocycles. The molecule has 1 saturated carbocycles. The maximum atomic E-state index is 12.7. The van der Waals surface area contributed by atoms with Crippen molar-refractivity contribution in [3.05, 3.63) is 11.6 Å². The van der Waals surface area contributed by atoms with Crippen molar-refractivity contribution in [2.75, 3.05) is 44.2 Å². The number of piperazine rings is 1. The first-order valence-electron chi connectivity index (χ1n) is 8.41. The molecule has 0 spiro atoms. The Morgan fingerprint density at radius 3 is 2.70 bits per heavy atom. The highest BCUT2D eigenvalue weighted by atomic mass is 32.1. The quantitative estimate of drug-likeness (QED) is 0.826. The Morgan fingerprint density at radius 1 is 1.26 bits per heavy atom. The van der Waals surface area contributed by atoms with E-state index in [-0.39, 0.29) is 17.7 Å². The lowest BCUT2D eigenvalue weighted by molar-refractivity contribution is -0.136. The number of rotatable bonds is 4. The average molecular weight is 334 g/mol. The molecule has 124 valence electrons. The highest BCUT2D eigenvalue weighted by Gasteiger charge is 2.39. The van der Waals surface area contributed by atoms with Gasteiger partial charge >= 0.3 is 0 Å². The van der Waals surface area contributed by atoms with Crippen LogP contribution in [0.25, 0.3) is 0 Å². The van der Waals surface area contributed by atoms with Gasteiger partial charge < -0.3 is 14.7 Å². The summed E-state index contributed by atoms with van der Waals surface area (Å²) in [6.45, 7) is 4.59. The number of aromatic nitrogens is 1. The van der Waals surface area contributed by atoms with E-state index in [4.69, 9.17) is 0 Å². The van der Waals surface area contributed by atoms with Gasteiger partial charge in [-0.15, -0.1) is 11.3 Å². The van der Waals surface area contributed by atoms with E-state index in [0.29, 0.717) is 18.9 Å². The summed E-state index contributed by atoms with van der Waals surface area (Å²) in [5.74, 6) is 0.884. The summed E-state index contributed by atoms with van der Waals surface area (Å²) >= 11 is 1.64. The molecule has 0 N–H and O–H groups in total. The lowest BCUT2D eigenvalue weighted by Crippen LogP contribution is -2.50. The second-order valence-corrected chi connectivity index (χ2v) is 7.64. The summed E-state index contributed by atoms with van der Waals surface area (Å²) in [7, 11) is 0. The molecule has 1 aromatic heterocycles. The van der Waals surface area contributed by atoms with E-state index in [2.05, 4.69) is 9.88 Å². The molecule has 2 saturated heterocycles. The second kappa shape index (κ2) is 6.11. The first-order chi connectivity index (χ1) is 11.2. The van der Waals surface area contributed by atoms with Crippen LogP contribution in [0.1, 0.15) is 19.3 Å². The molecular formula is C16H22N4O2S. The molecule has 2 amide bonds. The molecule has 3 aliphatic rings. The third kappa shape index (κ3) is 3.20. The normalized spacial score (nSPS) is 25.3. The molecule has 4 rings (SSSR count). The fraction of sp³-hybridized carbons (Fsp3) is 0.688. The van der Waals surface area contributed by atoms with Crippen molar-refractivity contribution in [2.45, 2.75) is 19.3 Å². The molecule has 7 heteroatoms. The van der Waals surface area contributed by atoms with E-state index in [0.717, 1.165) is 37.9 Å². The maximum Gasteiger partial charge on any atom is 0.228 e. The molecular weight excluding hydrogens is 312 g/mol. The van der Waals surface area contributed by atoms with Crippen LogP contribution in [0.2, 0.25) is 0 Å². The first-order valence-corrected chi connectivity index (χ1v) is 9.29. The molecule has 1 aromatic rings. The minimum atomic E-state index is -0.132. The van der Waals surface area contributed by atoms with E-state index in [1.165, 1.54) is 12.8 Å². The molecule has 23 heavy (non-hydrogen) atoms. The van der Waals surface area contributed by atoms with Crippen LogP contribution in [-0.2, 0) is 9.59 Å². The number of carbonyl (C=O) groups is 2. The highest BCUT2D eigenvalue weighted by molar-refractivity contribution is 7.13. The minimum absolute atomic E-state index is 0.132. The van der Waals surface area contributed by atoms with Crippen molar-refractivity contribution < 1.29 is 9.59 Å². The summed E-state index contributed by atoms with van der Waals surface area (Å²) in [6.07, 6.45) is 4.69. The van der Waals surface area contributed by atoms with Gasteiger partial charge in [0.25, 0.3) is 0 Å². The number of likely N-dealkylation sites (tertiary alicyclic amines) is 1. The number of hydrogen-bond donors (Lipinski definition) is 0. The lowest BCUT2D eigenvalue weighted by atomic mass is 10.1. The molecule has 2 aliphatic heterocycles. The Labute approximate surface area is 140 Å². The van der Waals surface area contributed by atoms with E-state index in [1.807, 2.05) is 21.4 Å². The molecule has 0 radical (unpaired) electrons. The molecule has 0 aromatic carbocycles. The van der Waals surface area contributed by atoms with Gasteiger partial charge in [-0.3, -0.25) is 9.59 Å². The fourth-order valence-corrected chi connectivity index (χ4v) is 4.17. The third-order valence-corrected chi connectivity index (χ3v) is 5.85. The van der Waals surface area contributed by atoms with Gasteiger partial charge in [0.2, 0.25) is 11.8 Å². The van der Waals surface area contributed by atoms with Gasteiger partial charge in [0, 0.05) is 57.3 Å². The monoisotopic (exact) mass is 334 g/mol. The van der Waals surface area contributed by atoms with E-state index >= 15 is 0 Å². The second-order valence-electron chi connectivity index (χ2n) is 6.77. The minimum Gasteiger partial charge on any atom is -0.345 e. The summed E-state index contributed by atoms with van der Waals surface area (Å²) in [5.41, 5.74) is 0. The SMILES string of the molecule is O=C1C[C@H](C(=O)N2CCN(c3nccs3)CC2)CN1CC1CC1. The van der Waals surface area contributed by atoms with Gasteiger partial charge in [0.05, 0.1) is 5.92 Å². The smallest absolute Gasteiger partial charge is 0.228 e. The molecule has 1 aliphatic carbocycles. The maximum absolute atomic E-state index is 12.7. The van der Waals surface area contributed by atoms with Gasteiger partial charge in [-0.1, -0.05) is 0 Å². The molecule has 6 nitrogen and oxygen atoms in total. The molecule has 3 fully saturated rings. The van der Waals surface area contributed by atoms with Gasteiger partial charge in [-0.2, -0.15) is 0 Å². The van der Waals surface area contributed by atoms with Crippen molar-refractivity contribution in [3.63, 3.8) is 0 Å². The van der Waals surface area contributed by atoms with Gasteiger partial charge in [0.15, 0.2) is 5.13 Å². The number of anilines is 1. The lowest BCUT2D eigenvalue weighted by Gasteiger charge is -2.35. The predicted molar refractivity (Wildman–Crippen MR) is 88.3 cm³/mol. The van der Waals surface area contributed by atoms with Gasteiger partial charge in [0.1, 0.15) is 0 Å². The molecule has 0 unspecified atom stereocenters. The number of nitrogens with zero attached hydrogens (tertiary/aromatic N) is 4. The number of carbonyl (C=O) groups excluding carboxylic acids is 2. The van der Waals surface area contributed by atoms with Gasteiger partial charge in [-0.25, -0.2) is 4.98 Å². The number of thiazole rings is 1. The van der Waals surface area contributed by atoms with Crippen molar-refractivity contribution in [2.24, 2.45) is 11.8 Å². The van der Waals surface area contributed by atoms with Crippen molar-refractivity contribution in [1.29, 1.82) is 0 Å². The van der Waals surface area contributed by atoms with Crippen molar-refractivity contribution in [3.8, 4) is 0 Å². The third-order valence-electron chi connectivity index (χ3n) is 5.02. The Bertz CT molecular complexity index is 579. The zero-order valence-corrected chi connectivity index (χ0v) is 14.0. The summed E-state index contributed by atoms with van der Waals surface area (Å²) in [6, 6.07) is 0. The van der Waals surface area contributed by atoms with Crippen LogP contribution >= 0.6 is 11.3 Å². The standard InChI is InChI=1S/C16H22N4O2S/c21-14-9-13(11-20(14)10-12-1-2-12)15(22)18-4-6-19(7-5-18)16-17-3-8-23-16/h3,8,12-13H,1-2,4-7,9-11H2/t13-/m0/s1. The van der Waals surface area contributed by atoms with E-state index in [9.17, 15) is 9.59 Å². The topological polar surface area (TPSA) is 56.8 Å². The van der Waals surface area contributed by atoms with Crippen LogP contribution in [0.4, 0.5) is 5.13 Å². The van der Waals surface area contributed by atoms with Crippen LogP contribution in [0.5, 0.6) is 0 Å². The summed E-state index contributed by atoms with van der Waals surface area (Å²) < 4.78 is 0. The number of amides is 2. The zero-order chi connectivity index (χ0) is 15.8. The van der Waals surface area contributed by atoms with Crippen LogP contribution < -0.4 is 4.90 Å². The zero-order valence-electron chi connectivity index (χ0n) is 13.2. The summed E-state index contributed by atoms with van der Waals surface area (Å²) in [5, 5.41) is 3.01. The Morgan fingerprint density at radius 2 is 2.04 bits per heavy atom. The van der Waals surface area contributed by atoms with Crippen LogP contribution in [0.3, 0.4) is 0 Å². The Hall–Kier alpha value is -1.63. The van der Waals surface area contributed by atoms with Crippen LogP contribution in [0.15, 0.2) is 11.6 Å². The van der Waals surface area contributed by atoms with Crippen molar-refractivity contribution >= 4 is 28.3 Å². The first kappa shape index (κ1) is 14.9. The van der Waals surface area contributed by atoms with Crippen LogP contribution in [0, 0.1) is 11.8 Å².